The molecule has 1 saturated carbocycles. The van der Waals surface area contributed by atoms with Crippen molar-refractivity contribution in [1.82, 2.24) is 10.2 Å². The van der Waals surface area contributed by atoms with Gasteiger partial charge in [-0.05, 0) is 45.1 Å². The molecule has 4 nitrogen and oxygen atoms in total. The minimum atomic E-state index is 0.252. The highest BCUT2D eigenvalue weighted by molar-refractivity contribution is 5.76. The van der Waals surface area contributed by atoms with E-state index in [9.17, 15) is 4.79 Å². The molecule has 21 heavy (non-hydrogen) atoms. The summed E-state index contributed by atoms with van der Waals surface area (Å²) in [6, 6.07) is 1.25. The second kappa shape index (κ2) is 9.42. The quantitative estimate of drug-likeness (QED) is 0.676. The Morgan fingerprint density at radius 3 is 2.33 bits per heavy atom. The fraction of sp³-hybridized carbons (Fsp3) is 0.941. The van der Waals surface area contributed by atoms with Crippen LogP contribution in [0.15, 0.2) is 0 Å². The molecule has 0 atom stereocenters. The Labute approximate surface area is 129 Å². The maximum atomic E-state index is 11.9. The summed E-state index contributed by atoms with van der Waals surface area (Å²) in [4.78, 5) is 14.6. The number of nitrogens with zero attached hydrogens (tertiary/aromatic N) is 1. The Hall–Kier alpha value is -0.610. The summed E-state index contributed by atoms with van der Waals surface area (Å²) in [5, 5.41) is 3.23. The minimum absolute atomic E-state index is 0.252. The number of nitrogens with two attached hydrogens (primary N) is 1. The molecular formula is C17H33N3O. The van der Waals surface area contributed by atoms with Crippen molar-refractivity contribution in [3.8, 4) is 0 Å². The van der Waals surface area contributed by atoms with E-state index >= 15 is 0 Å². The Morgan fingerprint density at radius 2 is 1.67 bits per heavy atom. The summed E-state index contributed by atoms with van der Waals surface area (Å²) in [7, 11) is 0. The topological polar surface area (TPSA) is 58.4 Å². The van der Waals surface area contributed by atoms with Gasteiger partial charge in [0.15, 0.2) is 0 Å². The SMILES string of the molecule is NCCCCCCC(=O)NC1CCN(C2CCCC2)CC1. The zero-order valence-corrected chi connectivity index (χ0v) is 13.5. The number of unbranched alkanes of at least 4 members (excludes halogenated alkanes) is 3. The van der Waals surface area contributed by atoms with Crippen molar-refractivity contribution in [3.63, 3.8) is 0 Å². The van der Waals surface area contributed by atoms with Crippen molar-refractivity contribution in [3.05, 3.63) is 0 Å². The Balaban J connectivity index is 1.54. The molecule has 2 aliphatic rings. The predicted molar refractivity (Wildman–Crippen MR) is 87.1 cm³/mol. The molecule has 4 heteroatoms. The lowest BCUT2D eigenvalue weighted by molar-refractivity contribution is -0.122. The number of rotatable bonds is 8. The van der Waals surface area contributed by atoms with Crippen LogP contribution in [0.3, 0.4) is 0 Å². The van der Waals surface area contributed by atoms with Crippen LogP contribution in [0.25, 0.3) is 0 Å². The second-order valence-electron chi connectivity index (χ2n) is 6.77. The highest BCUT2D eigenvalue weighted by Crippen LogP contribution is 2.26. The van der Waals surface area contributed by atoms with E-state index in [0.717, 1.165) is 51.1 Å². The molecule has 2 fully saturated rings. The first-order chi connectivity index (χ1) is 10.3. The lowest BCUT2D eigenvalue weighted by Crippen LogP contribution is -2.47. The van der Waals surface area contributed by atoms with Crippen LogP contribution in [0.4, 0.5) is 0 Å². The zero-order chi connectivity index (χ0) is 14.9. The number of nitrogens with one attached hydrogen (secondary N) is 1. The normalized spacial score (nSPS) is 21.8. The number of amides is 1. The van der Waals surface area contributed by atoms with Crippen LogP contribution >= 0.6 is 0 Å². The fourth-order valence-electron chi connectivity index (χ4n) is 3.76. The smallest absolute Gasteiger partial charge is 0.220 e. The minimum Gasteiger partial charge on any atom is -0.353 e. The van der Waals surface area contributed by atoms with E-state index in [1.54, 1.807) is 0 Å². The van der Waals surface area contributed by atoms with Crippen molar-refractivity contribution < 1.29 is 4.79 Å². The monoisotopic (exact) mass is 295 g/mol. The van der Waals surface area contributed by atoms with Gasteiger partial charge in [-0.2, -0.15) is 0 Å². The third kappa shape index (κ3) is 5.95. The van der Waals surface area contributed by atoms with E-state index in [1.165, 1.54) is 38.8 Å². The van der Waals surface area contributed by atoms with E-state index in [1.807, 2.05) is 0 Å². The molecule has 122 valence electrons. The molecule has 0 aromatic carbocycles. The molecule has 1 heterocycles. The molecule has 0 bridgehead atoms. The number of hydrogen-bond donors (Lipinski definition) is 2. The Morgan fingerprint density at radius 1 is 1.00 bits per heavy atom. The number of piperidine rings is 1. The van der Waals surface area contributed by atoms with Gasteiger partial charge in [0.05, 0.1) is 0 Å². The fourth-order valence-corrected chi connectivity index (χ4v) is 3.76. The molecular weight excluding hydrogens is 262 g/mol. The van der Waals surface area contributed by atoms with Crippen molar-refractivity contribution in [2.75, 3.05) is 19.6 Å². The maximum absolute atomic E-state index is 11.9. The molecule has 0 aromatic heterocycles. The summed E-state index contributed by atoms with van der Waals surface area (Å²) < 4.78 is 0. The number of hydrogen-bond acceptors (Lipinski definition) is 3. The highest BCUT2D eigenvalue weighted by Gasteiger charge is 2.27. The van der Waals surface area contributed by atoms with Crippen LogP contribution in [-0.2, 0) is 4.79 Å². The lowest BCUT2D eigenvalue weighted by atomic mass is 10.0. The highest BCUT2D eigenvalue weighted by atomic mass is 16.1. The van der Waals surface area contributed by atoms with Crippen LogP contribution in [0.2, 0.25) is 0 Å². The van der Waals surface area contributed by atoms with E-state index in [2.05, 4.69) is 10.2 Å². The van der Waals surface area contributed by atoms with Gasteiger partial charge in [0, 0.05) is 31.6 Å². The molecule has 1 amide bonds. The second-order valence-corrected chi connectivity index (χ2v) is 6.77. The van der Waals surface area contributed by atoms with Crippen molar-refractivity contribution >= 4 is 5.91 Å². The molecule has 3 N–H and O–H groups in total. The van der Waals surface area contributed by atoms with Gasteiger partial charge in [0.2, 0.25) is 5.91 Å². The third-order valence-electron chi connectivity index (χ3n) is 5.09. The first-order valence-electron chi connectivity index (χ1n) is 9.03. The van der Waals surface area contributed by atoms with Crippen molar-refractivity contribution in [2.45, 2.75) is 82.7 Å². The predicted octanol–water partition coefficient (Wildman–Crippen LogP) is 2.42. The van der Waals surface area contributed by atoms with Gasteiger partial charge in [-0.25, -0.2) is 0 Å². The first kappa shape index (κ1) is 16.8. The number of carbonyl (C=O) groups is 1. The first-order valence-corrected chi connectivity index (χ1v) is 9.03. The van der Waals surface area contributed by atoms with Gasteiger partial charge in [0.1, 0.15) is 0 Å². The Kier molecular flexibility index (Phi) is 7.51. The zero-order valence-electron chi connectivity index (χ0n) is 13.5. The van der Waals surface area contributed by atoms with Gasteiger partial charge in [-0.1, -0.05) is 25.7 Å². The Bertz CT molecular complexity index is 294. The number of likely N-dealkylation sites (tertiary alicyclic amines) is 1. The molecule has 1 aliphatic carbocycles. The van der Waals surface area contributed by atoms with Crippen LogP contribution < -0.4 is 11.1 Å². The summed E-state index contributed by atoms with van der Waals surface area (Å²) >= 11 is 0. The molecule has 0 unspecified atom stereocenters. The largest absolute Gasteiger partial charge is 0.353 e. The van der Waals surface area contributed by atoms with E-state index < -0.39 is 0 Å². The van der Waals surface area contributed by atoms with Gasteiger partial charge >= 0.3 is 0 Å². The molecule has 0 spiro atoms. The van der Waals surface area contributed by atoms with Crippen LogP contribution in [0, 0.1) is 0 Å². The van der Waals surface area contributed by atoms with Gasteiger partial charge in [-0.3, -0.25) is 4.79 Å². The average Bonchev–Trinajstić information content (AvgIpc) is 3.02. The van der Waals surface area contributed by atoms with Gasteiger partial charge < -0.3 is 16.0 Å². The van der Waals surface area contributed by atoms with Crippen molar-refractivity contribution in [2.24, 2.45) is 5.73 Å². The van der Waals surface area contributed by atoms with Crippen LogP contribution in [-0.4, -0.2) is 42.5 Å². The van der Waals surface area contributed by atoms with E-state index in [4.69, 9.17) is 5.73 Å². The summed E-state index contributed by atoms with van der Waals surface area (Å²) in [6.45, 7) is 3.12. The number of carbonyl (C=O) groups excluding carboxylic acids is 1. The summed E-state index contributed by atoms with van der Waals surface area (Å²) in [6.07, 6.45) is 12.9. The van der Waals surface area contributed by atoms with Crippen LogP contribution in [0.5, 0.6) is 0 Å². The standard InChI is InChI=1S/C17H33N3O/c18-12-6-2-1-3-9-17(21)19-15-10-13-20(14-11-15)16-7-4-5-8-16/h15-16H,1-14,18H2,(H,19,21). The summed E-state index contributed by atoms with van der Waals surface area (Å²) in [5.41, 5.74) is 5.47. The maximum Gasteiger partial charge on any atom is 0.220 e. The van der Waals surface area contributed by atoms with Crippen molar-refractivity contribution in [1.29, 1.82) is 0 Å². The third-order valence-corrected chi connectivity index (χ3v) is 5.09. The molecule has 0 aromatic rings. The lowest BCUT2D eigenvalue weighted by Gasteiger charge is -2.36. The van der Waals surface area contributed by atoms with E-state index in [0.29, 0.717) is 12.5 Å². The molecule has 2 rings (SSSR count). The van der Waals surface area contributed by atoms with E-state index in [-0.39, 0.29) is 5.91 Å². The molecule has 1 saturated heterocycles. The average molecular weight is 295 g/mol. The molecule has 1 aliphatic heterocycles. The van der Waals surface area contributed by atoms with Gasteiger partial charge in [-0.15, -0.1) is 0 Å². The van der Waals surface area contributed by atoms with Gasteiger partial charge in [0.25, 0.3) is 0 Å². The molecule has 0 radical (unpaired) electrons. The summed E-state index contributed by atoms with van der Waals surface area (Å²) in [5.74, 6) is 0.252. The van der Waals surface area contributed by atoms with Crippen LogP contribution in [0.1, 0.15) is 70.6 Å².